The van der Waals surface area contributed by atoms with Gasteiger partial charge in [0.25, 0.3) is 0 Å². The van der Waals surface area contributed by atoms with Crippen LogP contribution in [0.4, 0.5) is 0 Å². The van der Waals surface area contributed by atoms with Gasteiger partial charge < -0.3 is 9.84 Å². The van der Waals surface area contributed by atoms with Crippen LogP contribution in [0.3, 0.4) is 0 Å². The third-order valence-corrected chi connectivity index (χ3v) is 4.32. The molecule has 5 heteroatoms. The van der Waals surface area contributed by atoms with Gasteiger partial charge in [0.2, 0.25) is 0 Å². The van der Waals surface area contributed by atoms with E-state index in [0.717, 1.165) is 16.7 Å². The Balaban J connectivity index is 1.63. The molecule has 0 spiro atoms. The van der Waals surface area contributed by atoms with Crippen LogP contribution in [0.5, 0.6) is 6.01 Å². The fraction of sp³-hybridized carbons (Fsp3) is 0.0870. The molecule has 3 aromatic carbocycles. The third-order valence-electron chi connectivity index (χ3n) is 4.32. The molecule has 1 aromatic heterocycles. The van der Waals surface area contributed by atoms with E-state index < -0.39 is 6.10 Å². The van der Waals surface area contributed by atoms with E-state index in [2.05, 4.69) is 15.2 Å². The number of nitrogens with zero attached hydrogens (tertiary/aromatic N) is 3. The van der Waals surface area contributed by atoms with Crippen LogP contribution in [0.2, 0.25) is 0 Å². The van der Waals surface area contributed by atoms with Crippen molar-refractivity contribution in [2.75, 3.05) is 6.61 Å². The number of hydrogen-bond donors (Lipinski definition) is 1. The molecule has 4 rings (SSSR count). The number of benzene rings is 3. The summed E-state index contributed by atoms with van der Waals surface area (Å²) in [5.41, 5.74) is 4.00. The van der Waals surface area contributed by atoms with Gasteiger partial charge in [0.15, 0.2) is 0 Å². The Morgan fingerprint density at radius 1 is 0.679 bits per heavy atom. The summed E-state index contributed by atoms with van der Waals surface area (Å²) in [6.45, 7) is 0.0462. The summed E-state index contributed by atoms with van der Waals surface area (Å²) in [6, 6.07) is 29.1. The van der Waals surface area contributed by atoms with E-state index in [9.17, 15) is 5.11 Å². The summed E-state index contributed by atoms with van der Waals surface area (Å²) < 4.78 is 5.64. The van der Waals surface area contributed by atoms with Gasteiger partial charge in [0, 0.05) is 11.1 Å². The van der Waals surface area contributed by atoms with Gasteiger partial charge in [-0.05, 0) is 5.56 Å². The van der Waals surface area contributed by atoms with Gasteiger partial charge >= 0.3 is 6.01 Å². The highest BCUT2D eigenvalue weighted by Crippen LogP contribution is 2.29. The first kappa shape index (κ1) is 17.8. The van der Waals surface area contributed by atoms with E-state index in [4.69, 9.17) is 4.74 Å². The van der Waals surface area contributed by atoms with Crippen LogP contribution >= 0.6 is 0 Å². The highest BCUT2D eigenvalue weighted by atomic mass is 16.5. The number of aromatic nitrogens is 3. The monoisotopic (exact) mass is 369 g/mol. The largest absolute Gasteiger partial charge is 0.459 e. The summed E-state index contributed by atoms with van der Waals surface area (Å²) in [6.07, 6.45) is -0.765. The molecule has 1 heterocycles. The number of hydrogen-bond acceptors (Lipinski definition) is 5. The van der Waals surface area contributed by atoms with Crippen molar-refractivity contribution in [2.45, 2.75) is 6.10 Å². The zero-order valence-corrected chi connectivity index (χ0v) is 15.1. The van der Waals surface area contributed by atoms with Crippen LogP contribution in [0.1, 0.15) is 11.7 Å². The molecule has 5 nitrogen and oxygen atoms in total. The highest BCUT2D eigenvalue weighted by molar-refractivity contribution is 5.77. The second-order valence-corrected chi connectivity index (χ2v) is 6.26. The van der Waals surface area contributed by atoms with Gasteiger partial charge in [-0.3, -0.25) is 0 Å². The Morgan fingerprint density at radius 3 is 1.82 bits per heavy atom. The second-order valence-electron chi connectivity index (χ2n) is 6.26. The summed E-state index contributed by atoms with van der Waals surface area (Å²) >= 11 is 0. The van der Waals surface area contributed by atoms with E-state index in [-0.39, 0.29) is 12.6 Å². The van der Waals surface area contributed by atoms with E-state index in [1.165, 1.54) is 0 Å². The van der Waals surface area contributed by atoms with Crippen molar-refractivity contribution in [1.82, 2.24) is 15.2 Å². The molecule has 0 saturated carbocycles. The average molecular weight is 369 g/mol. The first-order chi connectivity index (χ1) is 13.8. The van der Waals surface area contributed by atoms with Crippen molar-refractivity contribution < 1.29 is 9.84 Å². The molecule has 0 amide bonds. The van der Waals surface area contributed by atoms with Crippen LogP contribution < -0.4 is 4.74 Å². The van der Waals surface area contributed by atoms with Crippen LogP contribution in [-0.2, 0) is 0 Å². The fourth-order valence-electron chi connectivity index (χ4n) is 2.88. The Hall–Kier alpha value is -3.57. The van der Waals surface area contributed by atoms with E-state index >= 15 is 0 Å². The molecule has 1 N–H and O–H groups in total. The van der Waals surface area contributed by atoms with Crippen molar-refractivity contribution in [3.8, 4) is 28.5 Å². The van der Waals surface area contributed by atoms with Crippen molar-refractivity contribution in [1.29, 1.82) is 0 Å². The van der Waals surface area contributed by atoms with Crippen LogP contribution in [0.25, 0.3) is 22.5 Å². The molecule has 4 aromatic rings. The maximum Gasteiger partial charge on any atom is 0.336 e. The molecule has 1 atom stereocenters. The van der Waals surface area contributed by atoms with Gasteiger partial charge in [-0.25, -0.2) is 0 Å². The minimum Gasteiger partial charge on any atom is -0.459 e. The van der Waals surface area contributed by atoms with Gasteiger partial charge in [0.1, 0.15) is 24.1 Å². The molecule has 0 saturated heterocycles. The number of ether oxygens (including phenoxy) is 1. The summed E-state index contributed by atoms with van der Waals surface area (Å²) in [7, 11) is 0. The lowest BCUT2D eigenvalue weighted by atomic mass is 10.0. The van der Waals surface area contributed by atoms with E-state index in [0.29, 0.717) is 11.4 Å². The zero-order chi connectivity index (χ0) is 19.2. The van der Waals surface area contributed by atoms with Crippen molar-refractivity contribution >= 4 is 0 Å². The summed E-state index contributed by atoms with van der Waals surface area (Å²) in [5.74, 6) is 0. The van der Waals surface area contributed by atoms with E-state index in [1.807, 2.05) is 91.0 Å². The molecule has 0 fully saturated rings. The minimum absolute atomic E-state index is 0.0462. The zero-order valence-electron chi connectivity index (χ0n) is 15.1. The first-order valence-corrected chi connectivity index (χ1v) is 9.02. The standard InChI is InChI=1S/C23H19N3O2/c27-20(17-10-4-1-5-11-17)16-28-23-24-21(18-12-6-2-7-13-18)22(25-26-23)19-14-8-3-9-15-19/h1-15,20,27H,16H2/t20-/m0/s1. The Morgan fingerprint density at radius 2 is 1.21 bits per heavy atom. The van der Waals surface area contributed by atoms with Crippen LogP contribution in [0, 0.1) is 0 Å². The predicted octanol–water partition coefficient (Wildman–Crippen LogP) is 4.32. The molecular formula is C23H19N3O2. The summed E-state index contributed by atoms with van der Waals surface area (Å²) in [4.78, 5) is 4.58. The van der Waals surface area contributed by atoms with Crippen LogP contribution in [0.15, 0.2) is 91.0 Å². The molecule has 0 aliphatic rings. The maximum absolute atomic E-state index is 10.3. The number of aliphatic hydroxyl groups is 1. The Bertz CT molecular complexity index is 1030. The maximum atomic E-state index is 10.3. The fourth-order valence-corrected chi connectivity index (χ4v) is 2.88. The summed E-state index contributed by atoms with van der Waals surface area (Å²) in [5, 5.41) is 18.8. The van der Waals surface area contributed by atoms with Gasteiger partial charge in [-0.2, -0.15) is 4.98 Å². The molecule has 0 aliphatic carbocycles. The second kappa shape index (κ2) is 8.41. The molecule has 0 radical (unpaired) electrons. The smallest absolute Gasteiger partial charge is 0.336 e. The van der Waals surface area contributed by atoms with E-state index in [1.54, 1.807) is 0 Å². The molecular weight excluding hydrogens is 350 g/mol. The lowest BCUT2D eigenvalue weighted by Crippen LogP contribution is -2.12. The number of aliphatic hydroxyl groups excluding tert-OH is 1. The lowest BCUT2D eigenvalue weighted by Gasteiger charge is -2.13. The normalized spacial score (nSPS) is 11.8. The minimum atomic E-state index is -0.765. The lowest BCUT2D eigenvalue weighted by molar-refractivity contribution is 0.102. The molecule has 28 heavy (non-hydrogen) atoms. The SMILES string of the molecule is O[C@@H](COc1nnc(-c2ccccc2)c(-c2ccccc2)n1)c1ccccc1. The predicted molar refractivity (Wildman–Crippen MR) is 108 cm³/mol. The van der Waals surface area contributed by atoms with Gasteiger partial charge in [-0.15, -0.1) is 5.10 Å². The Labute approximate surface area is 163 Å². The number of rotatable bonds is 6. The third kappa shape index (κ3) is 4.05. The van der Waals surface area contributed by atoms with Crippen LogP contribution in [-0.4, -0.2) is 26.9 Å². The Kier molecular flexibility index (Phi) is 5.36. The average Bonchev–Trinajstić information content (AvgIpc) is 2.79. The molecule has 0 bridgehead atoms. The van der Waals surface area contributed by atoms with Gasteiger partial charge in [-0.1, -0.05) is 96.1 Å². The molecule has 0 aliphatic heterocycles. The molecule has 0 unspecified atom stereocenters. The molecule has 138 valence electrons. The topological polar surface area (TPSA) is 68.1 Å². The van der Waals surface area contributed by atoms with Crippen molar-refractivity contribution in [3.63, 3.8) is 0 Å². The van der Waals surface area contributed by atoms with Crippen molar-refractivity contribution in [2.24, 2.45) is 0 Å². The first-order valence-electron chi connectivity index (χ1n) is 9.02. The van der Waals surface area contributed by atoms with Gasteiger partial charge in [0.05, 0.1) is 0 Å². The van der Waals surface area contributed by atoms with Crippen molar-refractivity contribution in [3.05, 3.63) is 96.6 Å². The highest BCUT2D eigenvalue weighted by Gasteiger charge is 2.15. The quantitative estimate of drug-likeness (QED) is 0.548.